The van der Waals surface area contributed by atoms with E-state index in [0.717, 1.165) is 50.3 Å². The zero-order valence-corrected chi connectivity index (χ0v) is 11.5. The number of aliphatic hydroxyl groups excluding tert-OH is 1. The Morgan fingerprint density at radius 3 is 2.89 bits per heavy atom. The van der Waals surface area contributed by atoms with Crippen LogP contribution in [0.4, 0.5) is 5.69 Å². The van der Waals surface area contributed by atoms with Crippen molar-refractivity contribution in [3.05, 3.63) is 24.0 Å². The second kappa shape index (κ2) is 8.89. The highest BCUT2D eigenvalue weighted by Gasteiger charge is 2.02. The van der Waals surface area contributed by atoms with E-state index in [9.17, 15) is 0 Å². The molecule has 1 aromatic heterocycles. The number of anilines is 1. The number of nitrogens with zero attached hydrogens (tertiary/aromatic N) is 2. The first-order chi connectivity index (χ1) is 8.76. The summed E-state index contributed by atoms with van der Waals surface area (Å²) in [6.07, 6.45) is 4.98. The molecule has 0 aliphatic rings. The van der Waals surface area contributed by atoms with Crippen molar-refractivity contribution in [3.8, 4) is 0 Å². The number of aromatic nitrogens is 1. The molecule has 1 aromatic rings. The zero-order valence-electron chi connectivity index (χ0n) is 11.5. The molecule has 0 unspecified atom stereocenters. The Labute approximate surface area is 110 Å². The highest BCUT2D eigenvalue weighted by atomic mass is 16.2. The molecule has 0 saturated heterocycles. The van der Waals surface area contributed by atoms with Gasteiger partial charge in [-0.05, 0) is 51.9 Å². The summed E-state index contributed by atoms with van der Waals surface area (Å²) in [5, 5.41) is 12.0. The monoisotopic (exact) mass is 251 g/mol. The summed E-state index contributed by atoms with van der Waals surface area (Å²) in [6.45, 7) is 5.25. The van der Waals surface area contributed by atoms with Gasteiger partial charge in [-0.1, -0.05) is 0 Å². The number of aliphatic hydroxyl groups is 1. The average Bonchev–Trinajstić information content (AvgIpc) is 2.35. The number of unbranched alkanes of at least 4 members (excludes halogenated alkanes) is 2. The molecule has 102 valence electrons. The number of pyridine rings is 1. The Balaban J connectivity index is 2.34. The summed E-state index contributed by atoms with van der Waals surface area (Å²) in [5.74, 6) is 0. The Morgan fingerprint density at radius 2 is 2.17 bits per heavy atom. The van der Waals surface area contributed by atoms with Gasteiger partial charge in [0.2, 0.25) is 0 Å². The molecular weight excluding hydrogens is 226 g/mol. The van der Waals surface area contributed by atoms with Gasteiger partial charge in [0.05, 0.1) is 5.69 Å². The minimum Gasteiger partial charge on any atom is -0.396 e. The van der Waals surface area contributed by atoms with Crippen molar-refractivity contribution in [1.29, 1.82) is 0 Å². The first-order valence-corrected chi connectivity index (χ1v) is 6.74. The number of rotatable bonds is 9. The van der Waals surface area contributed by atoms with Gasteiger partial charge in [-0.25, -0.2) is 0 Å². The fraction of sp³-hybridized carbons (Fsp3) is 0.643. The fourth-order valence-corrected chi connectivity index (χ4v) is 1.90. The van der Waals surface area contributed by atoms with Gasteiger partial charge >= 0.3 is 0 Å². The normalized spacial score (nSPS) is 10.9. The van der Waals surface area contributed by atoms with Crippen LogP contribution in [0.2, 0.25) is 0 Å². The van der Waals surface area contributed by atoms with Crippen molar-refractivity contribution in [2.45, 2.75) is 32.7 Å². The van der Waals surface area contributed by atoms with E-state index in [1.807, 2.05) is 12.3 Å². The van der Waals surface area contributed by atoms with Crippen molar-refractivity contribution in [2.24, 2.45) is 0 Å². The van der Waals surface area contributed by atoms with Gasteiger partial charge in [-0.3, -0.25) is 4.98 Å². The summed E-state index contributed by atoms with van der Waals surface area (Å²) in [7, 11) is 2.11. The Kier molecular flexibility index (Phi) is 7.37. The molecule has 0 bridgehead atoms. The average molecular weight is 251 g/mol. The Bertz CT molecular complexity index is 331. The summed E-state index contributed by atoms with van der Waals surface area (Å²) < 4.78 is 0. The van der Waals surface area contributed by atoms with E-state index in [1.165, 1.54) is 0 Å². The maximum atomic E-state index is 8.72. The van der Waals surface area contributed by atoms with Crippen LogP contribution in [-0.2, 0) is 6.54 Å². The van der Waals surface area contributed by atoms with Crippen molar-refractivity contribution in [3.63, 3.8) is 0 Å². The quantitative estimate of drug-likeness (QED) is 0.660. The van der Waals surface area contributed by atoms with Crippen LogP contribution in [0.1, 0.15) is 31.9 Å². The smallest absolute Gasteiger partial charge is 0.0564 e. The van der Waals surface area contributed by atoms with Gasteiger partial charge in [-0.2, -0.15) is 0 Å². The van der Waals surface area contributed by atoms with Gasteiger partial charge in [0.15, 0.2) is 0 Å². The van der Waals surface area contributed by atoms with E-state index in [1.54, 1.807) is 0 Å². The molecule has 18 heavy (non-hydrogen) atoms. The largest absolute Gasteiger partial charge is 0.396 e. The molecule has 0 saturated carbocycles. The van der Waals surface area contributed by atoms with Crippen LogP contribution < -0.4 is 5.32 Å². The first-order valence-electron chi connectivity index (χ1n) is 6.74. The third-order valence-electron chi connectivity index (χ3n) is 2.83. The minimum absolute atomic E-state index is 0.302. The zero-order chi connectivity index (χ0) is 13.2. The van der Waals surface area contributed by atoms with Gasteiger partial charge in [0.1, 0.15) is 0 Å². The van der Waals surface area contributed by atoms with Crippen LogP contribution in [0.15, 0.2) is 18.3 Å². The minimum atomic E-state index is 0.302. The molecule has 0 aromatic carbocycles. The molecule has 0 atom stereocenters. The van der Waals surface area contributed by atoms with Crippen LogP contribution in [0, 0.1) is 0 Å². The van der Waals surface area contributed by atoms with Crippen LogP contribution >= 0.6 is 0 Å². The summed E-state index contributed by atoms with van der Waals surface area (Å²) in [4.78, 5) is 6.66. The standard InChI is InChI=1S/C14H25N3O/c1-3-15-13-7-8-16-14(11-13)12-17(2)9-5-4-6-10-18/h7-8,11,18H,3-6,9-10,12H2,1-2H3,(H,15,16). The fourth-order valence-electron chi connectivity index (χ4n) is 1.90. The molecular formula is C14H25N3O. The molecule has 0 aliphatic carbocycles. The third-order valence-corrected chi connectivity index (χ3v) is 2.83. The number of nitrogens with one attached hydrogen (secondary N) is 1. The second-order valence-electron chi connectivity index (χ2n) is 4.59. The van der Waals surface area contributed by atoms with E-state index >= 15 is 0 Å². The topological polar surface area (TPSA) is 48.4 Å². The summed E-state index contributed by atoms with van der Waals surface area (Å²) >= 11 is 0. The lowest BCUT2D eigenvalue weighted by Crippen LogP contribution is -2.20. The van der Waals surface area contributed by atoms with Crippen molar-refractivity contribution < 1.29 is 5.11 Å². The van der Waals surface area contributed by atoms with Gasteiger partial charge in [0.25, 0.3) is 0 Å². The van der Waals surface area contributed by atoms with Crippen molar-refractivity contribution in [2.75, 3.05) is 32.1 Å². The van der Waals surface area contributed by atoms with Crippen LogP contribution in [-0.4, -0.2) is 41.7 Å². The molecule has 0 radical (unpaired) electrons. The van der Waals surface area contributed by atoms with Gasteiger partial charge in [-0.15, -0.1) is 0 Å². The van der Waals surface area contributed by atoms with Gasteiger partial charge in [0, 0.05) is 31.6 Å². The van der Waals surface area contributed by atoms with Crippen LogP contribution in [0.25, 0.3) is 0 Å². The molecule has 4 heteroatoms. The lowest BCUT2D eigenvalue weighted by molar-refractivity contribution is 0.270. The molecule has 1 heterocycles. The molecule has 0 aliphatic heterocycles. The molecule has 1 rings (SSSR count). The number of hydrogen-bond donors (Lipinski definition) is 2. The SMILES string of the molecule is CCNc1ccnc(CN(C)CCCCCO)c1. The Morgan fingerprint density at radius 1 is 1.33 bits per heavy atom. The maximum absolute atomic E-state index is 8.72. The highest BCUT2D eigenvalue weighted by Crippen LogP contribution is 2.09. The van der Waals surface area contributed by atoms with E-state index in [4.69, 9.17) is 5.11 Å². The third kappa shape index (κ3) is 5.98. The molecule has 0 fully saturated rings. The number of hydrogen-bond acceptors (Lipinski definition) is 4. The first kappa shape index (κ1) is 14.9. The van der Waals surface area contributed by atoms with Crippen molar-refractivity contribution >= 4 is 5.69 Å². The highest BCUT2D eigenvalue weighted by molar-refractivity contribution is 5.42. The summed E-state index contributed by atoms with van der Waals surface area (Å²) in [6, 6.07) is 4.10. The predicted molar refractivity (Wildman–Crippen MR) is 75.7 cm³/mol. The predicted octanol–water partition coefficient (Wildman–Crippen LogP) is 2.11. The molecule has 4 nitrogen and oxygen atoms in total. The maximum Gasteiger partial charge on any atom is 0.0564 e. The lowest BCUT2D eigenvalue weighted by Gasteiger charge is -2.16. The van der Waals surface area contributed by atoms with Gasteiger partial charge < -0.3 is 15.3 Å². The molecule has 0 amide bonds. The van der Waals surface area contributed by atoms with E-state index in [2.05, 4.69) is 35.2 Å². The Hall–Kier alpha value is -1.13. The second-order valence-corrected chi connectivity index (χ2v) is 4.59. The van der Waals surface area contributed by atoms with Crippen LogP contribution in [0.5, 0.6) is 0 Å². The van der Waals surface area contributed by atoms with Crippen molar-refractivity contribution in [1.82, 2.24) is 9.88 Å². The van der Waals surface area contributed by atoms with E-state index < -0.39 is 0 Å². The van der Waals surface area contributed by atoms with E-state index in [0.29, 0.717) is 6.61 Å². The summed E-state index contributed by atoms with van der Waals surface area (Å²) in [5.41, 5.74) is 2.23. The lowest BCUT2D eigenvalue weighted by atomic mass is 10.2. The molecule has 0 spiro atoms. The van der Waals surface area contributed by atoms with Crippen LogP contribution in [0.3, 0.4) is 0 Å². The van der Waals surface area contributed by atoms with E-state index in [-0.39, 0.29) is 0 Å². The molecule has 2 N–H and O–H groups in total.